The molecule has 0 radical (unpaired) electrons. The SMILES string of the molecule is CC(C)CNC(=O)NC(=O)CN1C(=O)N[C@@](C)(c2cc(F)ccc2F)C1=O. The second-order valence-corrected chi connectivity index (χ2v) is 6.72. The van der Waals surface area contributed by atoms with Gasteiger partial charge in [-0.15, -0.1) is 0 Å². The van der Waals surface area contributed by atoms with Crippen molar-refractivity contribution in [2.24, 2.45) is 5.92 Å². The number of benzene rings is 1. The molecule has 0 aromatic heterocycles. The van der Waals surface area contributed by atoms with E-state index < -0.39 is 47.6 Å². The van der Waals surface area contributed by atoms with Crippen molar-refractivity contribution in [2.45, 2.75) is 26.3 Å². The Hall–Kier alpha value is -3.04. The first-order valence-corrected chi connectivity index (χ1v) is 8.22. The van der Waals surface area contributed by atoms with Gasteiger partial charge >= 0.3 is 12.1 Å². The van der Waals surface area contributed by atoms with E-state index in [1.165, 1.54) is 6.92 Å². The maximum absolute atomic E-state index is 14.1. The van der Waals surface area contributed by atoms with Crippen molar-refractivity contribution in [3.63, 3.8) is 0 Å². The molecule has 10 heteroatoms. The molecule has 1 aromatic carbocycles. The normalized spacial score (nSPS) is 19.3. The van der Waals surface area contributed by atoms with Crippen LogP contribution in [-0.2, 0) is 15.1 Å². The Labute approximate surface area is 154 Å². The van der Waals surface area contributed by atoms with Crippen molar-refractivity contribution in [3.8, 4) is 0 Å². The lowest BCUT2D eigenvalue weighted by atomic mass is 9.91. The predicted octanol–water partition coefficient (Wildman–Crippen LogP) is 1.21. The van der Waals surface area contributed by atoms with Gasteiger partial charge in [0.25, 0.3) is 5.91 Å². The molecule has 27 heavy (non-hydrogen) atoms. The largest absolute Gasteiger partial charge is 0.338 e. The van der Waals surface area contributed by atoms with E-state index >= 15 is 0 Å². The van der Waals surface area contributed by atoms with Crippen LogP contribution in [-0.4, -0.2) is 41.9 Å². The fourth-order valence-electron chi connectivity index (χ4n) is 2.55. The van der Waals surface area contributed by atoms with Gasteiger partial charge in [0, 0.05) is 12.1 Å². The molecule has 0 aliphatic carbocycles. The molecule has 0 saturated carbocycles. The van der Waals surface area contributed by atoms with E-state index in [9.17, 15) is 28.0 Å². The van der Waals surface area contributed by atoms with E-state index in [1.807, 2.05) is 19.2 Å². The minimum absolute atomic E-state index is 0.165. The number of hydrogen-bond donors (Lipinski definition) is 3. The Morgan fingerprint density at radius 3 is 2.56 bits per heavy atom. The Morgan fingerprint density at radius 1 is 1.26 bits per heavy atom. The Morgan fingerprint density at radius 2 is 1.93 bits per heavy atom. The summed E-state index contributed by atoms with van der Waals surface area (Å²) in [5.74, 6) is -3.34. The maximum atomic E-state index is 14.1. The maximum Gasteiger partial charge on any atom is 0.325 e. The number of halogens is 2. The number of amides is 6. The topological polar surface area (TPSA) is 108 Å². The van der Waals surface area contributed by atoms with E-state index in [0.717, 1.165) is 18.2 Å². The second-order valence-electron chi connectivity index (χ2n) is 6.72. The minimum atomic E-state index is -1.87. The number of nitrogens with zero attached hydrogens (tertiary/aromatic N) is 1. The van der Waals surface area contributed by atoms with Crippen LogP contribution in [0.25, 0.3) is 0 Å². The molecule has 8 nitrogen and oxygen atoms in total. The van der Waals surface area contributed by atoms with Crippen molar-refractivity contribution < 1.29 is 28.0 Å². The number of hydrogen-bond acceptors (Lipinski definition) is 4. The molecular weight excluding hydrogens is 362 g/mol. The van der Waals surface area contributed by atoms with Gasteiger partial charge in [-0.2, -0.15) is 0 Å². The summed E-state index contributed by atoms with van der Waals surface area (Å²) in [6, 6.07) is 0.800. The predicted molar refractivity (Wildman–Crippen MR) is 90.3 cm³/mol. The van der Waals surface area contributed by atoms with Gasteiger partial charge in [0.15, 0.2) is 0 Å². The van der Waals surface area contributed by atoms with Crippen LogP contribution in [0.1, 0.15) is 26.3 Å². The van der Waals surface area contributed by atoms with Crippen LogP contribution in [0.15, 0.2) is 18.2 Å². The van der Waals surface area contributed by atoms with E-state index in [1.54, 1.807) is 0 Å². The second kappa shape index (κ2) is 7.68. The number of rotatable bonds is 5. The third-order valence-corrected chi connectivity index (χ3v) is 3.97. The summed E-state index contributed by atoms with van der Waals surface area (Å²) in [6.07, 6.45) is 0. The summed E-state index contributed by atoms with van der Waals surface area (Å²) in [6.45, 7) is 4.52. The monoisotopic (exact) mass is 382 g/mol. The molecule has 1 fully saturated rings. The standard InChI is InChI=1S/C17H20F2N4O4/c1-9(2)7-20-15(26)21-13(24)8-23-14(25)17(3,22-16(23)27)11-6-10(18)4-5-12(11)19/h4-6,9H,7-8H2,1-3H3,(H,22,27)(H2,20,21,24,26)/t17-/m0/s1. The van der Waals surface area contributed by atoms with Crippen LogP contribution >= 0.6 is 0 Å². The molecule has 0 spiro atoms. The molecule has 0 bridgehead atoms. The molecule has 146 valence electrons. The summed E-state index contributed by atoms with van der Waals surface area (Å²) in [7, 11) is 0. The van der Waals surface area contributed by atoms with Crippen LogP contribution in [0.4, 0.5) is 18.4 Å². The molecule has 1 atom stereocenters. The third kappa shape index (κ3) is 4.39. The molecule has 1 aliphatic rings. The first-order valence-electron chi connectivity index (χ1n) is 8.22. The Kier molecular flexibility index (Phi) is 5.77. The molecule has 1 aliphatic heterocycles. The summed E-state index contributed by atoms with van der Waals surface area (Å²) in [4.78, 5) is 48.8. The highest BCUT2D eigenvalue weighted by molar-refractivity contribution is 6.10. The molecular formula is C17H20F2N4O4. The lowest BCUT2D eigenvalue weighted by Crippen LogP contribution is -2.47. The van der Waals surface area contributed by atoms with Gasteiger partial charge in [0.1, 0.15) is 23.7 Å². The minimum Gasteiger partial charge on any atom is -0.338 e. The van der Waals surface area contributed by atoms with Crippen LogP contribution in [0.5, 0.6) is 0 Å². The van der Waals surface area contributed by atoms with Crippen LogP contribution < -0.4 is 16.0 Å². The van der Waals surface area contributed by atoms with E-state index in [0.29, 0.717) is 11.4 Å². The number of nitrogens with one attached hydrogen (secondary N) is 3. The highest BCUT2D eigenvalue weighted by Gasteiger charge is 2.50. The summed E-state index contributed by atoms with van der Waals surface area (Å²) in [5.41, 5.74) is -2.23. The first kappa shape index (κ1) is 20.3. The van der Waals surface area contributed by atoms with Gasteiger partial charge in [-0.25, -0.2) is 18.4 Å². The van der Waals surface area contributed by atoms with E-state index in [2.05, 4.69) is 10.6 Å². The van der Waals surface area contributed by atoms with Crippen LogP contribution in [0.2, 0.25) is 0 Å². The quantitative estimate of drug-likeness (QED) is 0.666. The summed E-state index contributed by atoms with van der Waals surface area (Å²) >= 11 is 0. The molecule has 0 unspecified atom stereocenters. The fraction of sp³-hybridized carbons (Fsp3) is 0.412. The van der Waals surface area contributed by atoms with Gasteiger partial charge in [0.2, 0.25) is 5.91 Å². The van der Waals surface area contributed by atoms with Gasteiger partial charge in [-0.05, 0) is 31.0 Å². The van der Waals surface area contributed by atoms with Crippen molar-refractivity contribution in [2.75, 3.05) is 13.1 Å². The smallest absolute Gasteiger partial charge is 0.325 e. The number of urea groups is 2. The molecule has 1 aromatic rings. The van der Waals surface area contributed by atoms with E-state index in [-0.39, 0.29) is 11.5 Å². The molecule has 6 amide bonds. The molecule has 3 N–H and O–H groups in total. The fourth-order valence-corrected chi connectivity index (χ4v) is 2.55. The van der Waals surface area contributed by atoms with Gasteiger partial charge in [-0.3, -0.25) is 19.8 Å². The number of carbonyl (C=O) groups excluding carboxylic acids is 4. The summed E-state index contributed by atoms with van der Waals surface area (Å²) in [5, 5.41) is 6.71. The van der Waals surface area contributed by atoms with Gasteiger partial charge in [-0.1, -0.05) is 13.8 Å². The Bertz CT molecular complexity index is 799. The lowest BCUT2D eigenvalue weighted by Gasteiger charge is -2.22. The Balaban J connectivity index is 2.10. The molecule has 2 rings (SSSR count). The van der Waals surface area contributed by atoms with Crippen LogP contribution in [0, 0.1) is 17.6 Å². The van der Waals surface area contributed by atoms with Crippen molar-refractivity contribution in [1.29, 1.82) is 0 Å². The first-order chi connectivity index (χ1) is 12.5. The molecule has 1 saturated heterocycles. The van der Waals surface area contributed by atoms with Crippen molar-refractivity contribution in [3.05, 3.63) is 35.4 Å². The van der Waals surface area contributed by atoms with Crippen molar-refractivity contribution in [1.82, 2.24) is 20.9 Å². The average molecular weight is 382 g/mol. The third-order valence-electron chi connectivity index (χ3n) is 3.97. The van der Waals surface area contributed by atoms with E-state index in [4.69, 9.17) is 0 Å². The zero-order chi connectivity index (χ0) is 20.4. The summed E-state index contributed by atoms with van der Waals surface area (Å²) < 4.78 is 27.5. The van der Waals surface area contributed by atoms with Gasteiger partial charge in [0.05, 0.1) is 0 Å². The zero-order valence-corrected chi connectivity index (χ0v) is 15.1. The zero-order valence-electron chi connectivity index (χ0n) is 15.1. The highest BCUT2D eigenvalue weighted by Crippen LogP contribution is 2.31. The molecule has 1 heterocycles. The van der Waals surface area contributed by atoms with Gasteiger partial charge < -0.3 is 10.6 Å². The lowest BCUT2D eigenvalue weighted by molar-refractivity contribution is -0.134. The highest BCUT2D eigenvalue weighted by atomic mass is 19.1. The average Bonchev–Trinajstić information content (AvgIpc) is 2.79. The number of imide groups is 2. The van der Waals surface area contributed by atoms with Crippen LogP contribution in [0.3, 0.4) is 0 Å². The number of carbonyl (C=O) groups is 4. The van der Waals surface area contributed by atoms with Crippen molar-refractivity contribution >= 4 is 23.9 Å².